The third-order valence-corrected chi connectivity index (χ3v) is 4.61. The largest absolute Gasteiger partial charge is 0.384 e. The molecule has 3 aromatic rings. The van der Waals surface area contributed by atoms with Crippen molar-refractivity contribution in [2.24, 2.45) is 10.7 Å². The normalized spacial score (nSPS) is 15.0. The molecule has 0 radical (unpaired) electrons. The van der Waals surface area contributed by atoms with Crippen molar-refractivity contribution in [1.29, 1.82) is 5.41 Å². The zero-order chi connectivity index (χ0) is 18.1. The standard InChI is InChI=1S/C20H20N6/c21-18(22)15-10-4-9-14-13(15)8-5-11-16(14)24-19-17(25-20(23)26-19)12-6-2-1-3-7-12/h1-4,6-7,9-10H,5,8,11H2,(H3,21,22)(H3,23,25,26). The summed E-state index contributed by atoms with van der Waals surface area (Å²) in [7, 11) is 0. The van der Waals surface area contributed by atoms with Gasteiger partial charge in [-0.05, 0) is 30.4 Å². The van der Waals surface area contributed by atoms with Gasteiger partial charge in [0.25, 0.3) is 0 Å². The number of fused-ring (bicyclic) bond motifs is 1. The molecule has 130 valence electrons. The van der Waals surface area contributed by atoms with Crippen LogP contribution in [0.15, 0.2) is 53.5 Å². The fraction of sp³-hybridized carbons (Fsp3) is 0.150. The number of aliphatic imine (C=N–C) groups is 1. The number of rotatable bonds is 3. The molecule has 0 saturated heterocycles. The molecule has 1 aromatic heterocycles. The van der Waals surface area contributed by atoms with E-state index >= 15 is 0 Å². The zero-order valence-electron chi connectivity index (χ0n) is 14.3. The van der Waals surface area contributed by atoms with E-state index in [1.807, 2.05) is 48.5 Å². The van der Waals surface area contributed by atoms with Gasteiger partial charge in [-0.25, -0.2) is 9.98 Å². The van der Waals surface area contributed by atoms with Gasteiger partial charge >= 0.3 is 0 Å². The Morgan fingerprint density at radius 1 is 1.08 bits per heavy atom. The van der Waals surface area contributed by atoms with E-state index in [1.165, 1.54) is 0 Å². The molecular weight excluding hydrogens is 324 g/mol. The SMILES string of the molecule is N=C(N)c1cccc2c1CCCC2=Nc1[nH]c(N)nc1-c1ccccc1. The summed E-state index contributed by atoms with van der Waals surface area (Å²) in [4.78, 5) is 12.3. The summed E-state index contributed by atoms with van der Waals surface area (Å²) in [5, 5.41) is 7.82. The molecule has 1 aliphatic carbocycles. The maximum Gasteiger partial charge on any atom is 0.199 e. The average Bonchev–Trinajstić information content (AvgIpc) is 3.02. The molecule has 6 heteroatoms. The first-order valence-corrected chi connectivity index (χ1v) is 8.58. The van der Waals surface area contributed by atoms with E-state index in [0.29, 0.717) is 11.8 Å². The van der Waals surface area contributed by atoms with E-state index in [1.54, 1.807) is 0 Å². The fourth-order valence-corrected chi connectivity index (χ4v) is 3.46. The highest BCUT2D eigenvalue weighted by atomic mass is 15.1. The molecule has 0 bridgehead atoms. The van der Waals surface area contributed by atoms with Crippen LogP contribution in [0.1, 0.15) is 29.5 Å². The molecular formula is C20H20N6. The van der Waals surface area contributed by atoms with Crippen LogP contribution < -0.4 is 11.5 Å². The number of hydrogen-bond acceptors (Lipinski definition) is 4. The highest BCUT2D eigenvalue weighted by molar-refractivity contribution is 6.07. The Morgan fingerprint density at radius 2 is 1.88 bits per heavy atom. The maximum atomic E-state index is 7.82. The second kappa shape index (κ2) is 6.48. The average molecular weight is 344 g/mol. The van der Waals surface area contributed by atoms with E-state index in [4.69, 9.17) is 21.9 Å². The van der Waals surface area contributed by atoms with Crippen LogP contribution in [-0.2, 0) is 6.42 Å². The van der Waals surface area contributed by atoms with Crippen molar-refractivity contribution in [3.05, 3.63) is 65.2 Å². The molecule has 0 unspecified atom stereocenters. The summed E-state index contributed by atoms with van der Waals surface area (Å²) in [6.07, 6.45) is 2.74. The molecule has 6 N–H and O–H groups in total. The second-order valence-corrected chi connectivity index (χ2v) is 6.34. The molecule has 0 atom stereocenters. The Hall–Kier alpha value is -3.41. The van der Waals surface area contributed by atoms with Gasteiger partial charge in [-0.1, -0.05) is 48.5 Å². The minimum Gasteiger partial charge on any atom is -0.384 e. The smallest absolute Gasteiger partial charge is 0.199 e. The summed E-state index contributed by atoms with van der Waals surface area (Å²) in [6.45, 7) is 0. The van der Waals surface area contributed by atoms with Gasteiger partial charge < -0.3 is 16.5 Å². The van der Waals surface area contributed by atoms with Crippen LogP contribution in [0.5, 0.6) is 0 Å². The first-order valence-electron chi connectivity index (χ1n) is 8.58. The number of aromatic nitrogens is 2. The Bertz CT molecular complexity index is 1000. The predicted molar refractivity (Wildman–Crippen MR) is 105 cm³/mol. The van der Waals surface area contributed by atoms with E-state index in [9.17, 15) is 0 Å². The lowest BCUT2D eigenvalue weighted by atomic mass is 9.86. The minimum absolute atomic E-state index is 0.0962. The Labute approximate surface area is 151 Å². The van der Waals surface area contributed by atoms with Crippen LogP contribution in [-0.4, -0.2) is 21.5 Å². The molecule has 0 saturated carbocycles. The molecule has 0 fully saturated rings. The number of nitrogens with zero attached hydrogens (tertiary/aromatic N) is 2. The number of nitrogens with two attached hydrogens (primary N) is 2. The van der Waals surface area contributed by atoms with Crippen molar-refractivity contribution in [1.82, 2.24) is 9.97 Å². The van der Waals surface area contributed by atoms with Gasteiger partial charge in [0.2, 0.25) is 0 Å². The number of H-pyrrole nitrogens is 1. The summed E-state index contributed by atoms with van der Waals surface area (Å²) in [5.41, 5.74) is 17.3. The second-order valence-electron chi connectivity index (χ2n) is 6.34. The molecule has 0 amide bonds. The van der Waals surface area contributed by atoms with Crippen LogP contribution in [0.4, 0.5) is 11.8 Å². The van der Waals surface area contributed by atoms with Crippen LogP contribution in [0, 0.1) is 5.41 Å². The van der Waals surface area contributed by atoms with E-state index in [2.05, 4.69) is 9.97 Å². The summed E-state index contributed by atoms with van der Waals surface area (Å²) < 4.78 is 0. The van der Waals surface area contributed by atoms with Crippen molar-refractivity contribution in [2.75, 3.05) is 5.73 Å². The summed E-state index contributed by atoms with van der Waals surface area (Å²) in [5.74, 6) is 1.10. The lowest BCUT2D eigenvalue weighted by Crippen LogP contribution is -2.20. The summed E-state index contributed by atoms with van der Waals surface area (Å²) >= 11 is 0. The lowest BCUT2D eigenvalue weighted by molar-refractivity contribution is 0.836. The van der Waals surface area contributed by atoms with E-state index in [-0.39, 0.29) is 5.84 Å². The Balaban J connectivity index is 1.83. The first kappa shape index (κ1) is 16.1. The van der Waals surface area contributed by atoms with Crippen LogP contribution in [0.3, 0.4) is 0 Å². The van der Waals surface area contributed by atoms with Crippen molar-refractivity contribution >= 4 is 23.3 Å². The van der Waals surface area contributed by atoms with Crippen LogP contribution in [0.2, 0.25) is 0 Å². The van der Waals surface area contributed by atoms with Gasteiger partial charge in [0.05, 0.1) is 5.71 Å². The number of anilines is 1. The quantitative estimate of drug-likeness (QED) is 0.431. The first-order chi connectivity index (χ1) is 12.6. The van der Waals surface area contributed by atoms with Crippen molar-refractivity contribution in [3.63, 3.8) is 0 Å². The number of hydrogen-bond donors (Lipinski definition) is 4. The van der Waals surface area contributed by atoms with Crippen molar-refractivity contribution < 1.29 is 0 Å². The van der Waals surface area contributed by atoms with Crippen LogP contribution >= 0.6 is 0 Å². The topological polar surface area (TPSA) is 117 Å². The lowest BCUT2D eigenvalue weighted by Gasteiger charge is -2.20. The number of nitrogen functional groups attached to an aromatic ring is 2. The highest BCUT2D eigenvalue weighted by Crippen LogP contribution is 2.32. The molecule has 4 rings (SSSR count). The molecule has 0 aliphatic heterocycles. The Kier molecular flexibility index (Phi) is 4.01. The van der Waals surface area contributed by atoms with E-state index in [0.717, 1.165) is 52.9 Å². The van der Waals surface area contributed by atoms with Gasteiger partial charge in [-0.3, -0.25) is 5.41 Å². The number of nitrogens with one attached hydrogen (secondary N) is 2. The van der Waals surface area contributed by atoms with Gasteiger partial charge in [-0.2, -0.15) is 0 Å². The molecule has 26 heavy (non-hydrogen) atoms. The number of aromatic amines is 1. The monoisotopic (exact) mass is 344 g/mol. The van der Waals surface area contributed by atoms with Crippen LogP contribution in [0.25, 0.3) is 11.3 Å². The molecule has 1 aliphatic rings. The molecule has 6 nitrogen and oxygen atoms in total. The Morgan fingerprint density at radius 3 is 2.65 bits per heavy atom. The molecule has 2 aromatic carbocycles. The van der Waals surface area contributed by atoms with Gasteiger partial charge in [0, 0.05) is 11.1 Å². The van der Waals surface area contributed by atoms with Crippen molar-refractivity contribution in [2.45, 2.75) is 19.3 Å². The minimum atomic E-state index is 0.0962. The molecule has 1 heterocycles. The highest BCUT2D eigenvalue weighted by Gasteiger charge is 2.20. The zero-order valence-corrected chi connectivity index (χ0v) is 14.3. The van der Waals surface area contributed by atoms with Gasteiger partial charge in [-0.15, -0.1) is 0 Å². The predicted octanol–water partition coefficient (Wildman–Crippen LogP) is 3.40. The number of imidazole rings is 1. The molecule has 0 spiro atoms. The van der Waals surface area contributed by atoms with Gasteiger partial charge in [0.15, 0.2) is 11.8 Å². The maximum absolute atomic E-state index is 7.82. The summed E-state index contributed by atoms with van der Waals surface area (Å²) in [6, 6.07) is 15.7. The third-order valence-electron chi connectivity index (χ3n) is 4.61. The van der Waals surface area contributed by atoms with Gasteiger partial charge in [0.1, 0.15) is 11.5 Å². The third kappa shape index (κ3) is 2.86. The van der Waals surface area contributed by atoms with E-state index < -0.39 is 0 Å². The van der Waals surface area contributed by atoms with Crippen molar-refractivity contribution in [3.8, 4) is 11.3 Å². The fourth-order valence-electron chi connectivity index (χ4n) is 3.46. The number of benzene rings is 2. The number of amidine groups is 1.